The van der Waals surface area contributed by atoms with Gasteiger partial charge < -0.3 is 25.0 Å². The molecule has 1 amide bonds. The van der Waals surface area contributed by atoms with Crippen LogP contribution >= 0.6 is 23.1 Å². The lowest BCUT2D eigenvalue weighted by atomic mass is 10.1. The van der Waals surface area contributed by atoms with Gasteiger partial charge >= 0.3 is 6.18 Å². The fourth-order valence-corrected chi connectivity index (χ4v) is 8.54. The van der Waals surface area contributed by atoms with Crippen LogP contribution in [0, 0.1) is 0 Å². The first-order valence-electron chi connectivity index (χ1n) is 15.3. The predicted molar refractivity (Wildman–Crippen MR) is 169 cm³/mol. The first-order chi connectivity index (χ1) is 21.7. The number of aromatic nitrogens is 2. The van der Waals surface area contributed by atoms with Gasteiger partial charge in [-0.05, 0) is 55.5 Å². The summed E-state index contributed by atoms with van der Waals surface area (Å²) in [7, 11) is 0. The molecule has 7 rings (SSSR count). The van der Waals surface area contributed by atoms with Gasteiger partial charge in [0.15, 0.2) is 0 Å². The second-order valence-corrected chi connectivity index (χ2v) is 14.2. The van der Waals surface area contributed by atoms with Crippen LogP contribution in [-0.4, -0.2) is 101 Å². The second-order valence-electron chi connectivity index (χ2n) is 12.0. The number of benzene rings is 1. The average molecular weight is 661 g/mol. The monoisotopic (exact) mass is 660 g/mol. The molecule has 14 heteroatoms. The number of aliphatic hydroxyl groups is 1. The van der Waals surface area contributed by atoms with Crippen molar-refractivity contribution in [2.45, 2.75) is 48.8 Å². The number of β-amino-alcohol motifs (C(OH)–C–C–N with tert-alkyl or cyclic N) is 1. The summed E-state index contributed by atoms with van der Waals surface area (Å²) < 4.78 is 47.9. The zero-order chi connectivity index (χ0) is 31.3. The van der Waals surface area contributed by atoms with Crippen molar-refractivity contribution in [3.63, 3.8) is 0 Å². The maximum Gasteiger partial charge on any atom is 0.420 e. The van der Waals surface area contributed by atoms with E-state index < -0.39 is 11.7 Å². The number of thiophene rings is 1. The third-order valence-corrected chi connectivity index (χ3v) is 11.2. The number of piperazine rings is 1. The number of hydrogen-bond acceptors (Lipinski definition) is 10. The van der Waals surface area contributed by atoms with Gasteiger partial charge in [0.1, 0.15) is 10.4 Å². The molecule has 45 heavy (non-hydrogen) atoms. The highest BCUT2D eigenvalue weighted by Gasteiger charge is 2.38. The van der Waals surface area contributed by atoms with Gasteiger partial charge in [0.25, 0.3) is 5.91 Å². The Morgan fingerprint density at radius 2 is 1.98 bits per heavy atom. The Hall–Kier alpha value is -2.91. The summed E-state index contributed by atoms with van der Waals surface area (Å²) in [5.74, 6) is 0.939. The number of fused-ring (bicyclic) bond motifs is 1. The van der Waals surface area contributed by atoms with Crippen LogP contribution in [0.1, 0.15) is 46.5 Å². The van der Waals surface area contributed by atoms with Crippen LogP contribution in [0.25, 0.3) is 10.6 Å². The normalized spacial score (nSPS) is 21.4. The molecule has 2 aromatic heterocycles. The third kappa shape index (κ3) is 6.27. The molecule has 240 valence electrons. The van der Waals surface area contributed by atoms with Crippen molar-refractivity contribution in [3.8, 4) is 10.6 Å². The number of rotatable bonds is 8. The zero-order valence-corrected chi connectivity index (χ0v) is 26.5. The smallest absolute Gasteiger partial charge is 0.395 e. The quantitative estimate of drug-likeness (QED) is 0.334. The lowest BCUT2D eigenvalue weighted by Crippen LogP contribution is -2.52. The number of carbonyl (C=O) groups excluding carboxylic acids is 1. The number of nitrogens with one attached hydrogen (secondary N) is 1. The summed E-state index contributed by atoms with van der Waals surface area (Å²) >= 11 is 2.54. The van der Waals surface area contributed by atoms with Gasteiger partial charge in [-0.25, -0.2) is 9.97 Å². The summed E-state index contributed by atoms with van der Waals surface area (Å²) in [4.78, 5) is 29.7. The molecule has 4 aliphatic rings. The number of nitrogens with zero attached hydrogens (tertiary/aromatic N) is 5. The summed E-state index contributed by atoms with van der Waals surface area (Å²) in [6.07, 6.45) is -1.73. The van der Waals surface area contributed by atoms with E-state index in [0.29, 0.717) is 53.8 Å². The van der Waals surface area contributed by atoms with Gasteiger partial charge in [-0.1, -0.05) is 0 Å². The molecule has 1 atom stereocenters. The molecule has 1 aliphatic carbocycles. The molecule has 0 bridgehead atoms. The minimum Gasteiger partial charge on any atom is -0.395 e. The molecule has 5 heterocycles. The number of hydrogen-bond donors (Lipinski definition) is 2. The van der Waals surface area contributed by atoms with Crippen molar-refractivity contribution in [1.82, 2.24) is 19.8 Å². The average Bonchev–Trinajstić information content (AvgIpc) is 3.77. The van der Waals surface area contributed by atoms with Crippen LogP contribution in [0.5, 0.6) is 0 Å². The van der Waals surface area contributed by atoms with E-state index in [9.17, 15) is 23.1 Å². The number of aliphatic hydroxyl groups excluding tert-OH is 1. The van der Waals surface area contributed by atoms with Crippen LogP contribution in [0.4, 0.5) is 30.5 Å². The fourth-order valence-electron chi connectivity index (χ4n) is 6.23. The fraction of sp³-hybridized carbons (Fsp3) is 0.516. The van der Waals surface area contributed by atoms with Crippen molar-refractivity contribution < 1.29 is 27.8 Å². The molecule has 1 aromatic carbocycles. The Labute approximate surface area is 267 Å². The maximum absolute atomic E-state index is 14.2. The van der Waals surface area contributed by atoms with Gasteiger partial charge in [0.2, 0.25) is 5.95 Å². The number of ether oxygens (including phenoxy) is 1. The molecule has 3 fully saturated rings. The van der Waals surface area contributed by atoms with E-state index in [1.165, 1.54) is 11.8 Å². The molecule has 2 saturated heterocycles. The van der Waals surface area contributed by atoms with Gasteiger partial charge in [0, 0.05) is 67.0 Å². The van der Waals surface area contributed by atoms with Crippen molar-refractivity contribution in [3.05, 3.63) is 46.5 Å². The number of amides is 1. The highest BCUT2D eigenvalue weighted by Crippen LogP contribution is 2.46. The van der Waals surface area contributed by atoms with Gasteiger partial charge in [-0.3, -0.25) is 9.69 Å². The number of halogens is 3. The molecule has 9 nitrogen and oxygen atoms in total. The molecular formula is C31H35F3N6O3S2. The van der Waals surface area contributed by atoms with Crippen molar-refractivity contribution >= 4 is 46.3 Å². The van der Waals surface area contributed by atoms with E-state index in [1.807, 2.05) is 12.1 Å². The molecule has 0 spiro atoms. The Morgan fingerprint density at radius 1 is 1.16 bits per heavy atom. The highest BCUT2D eigenvalue weighted by atomic mass is 32.2. The Kier molecular flexibility index (Phi) is 8.44. The molecular weight excluding hydrogens is 626 g/mol. The number of carbonyl (C=O) groups is 1. The van der Waals surface area contributed by atoms with Crippen molar-refractivity contribution in [2.24, 2.45) is 0 Å². The van der Waals surface area contributed by atoms with E-state index in [-0.39, 0.29) is 35.1 Å². The van der Waals surface area contributed by atoms with Crippen LogP contribution in [-0.2, 0) is 10.9 Å². The molecule has 2 N–H and O–H groups in total. The topological polar surface area (TPSA) is 94.1 Å². The summed E-state index contributed by atoms with van der Waals surface area (Å²) in [6, 6.07) is 8.15. The van der Waals surface area contributed by atoms with E-state index in [0.717, 1.165) is 66.9 Å². The minimum absolute atomic E-state index is 0.00140. The van der Waals surface area contributed by atoms with Gasteiger partial charge in [0.05, 0.1) is 36.4 Å². The number of anilines is 3. The minimum atomic E-state index is -4.67. The number of alkyl halides is 3. The molecule has 1 unspecified atom stereocenters. The third-order valence-electron chi connectivity index (χ3n) is 8.95. The van der Waals surface area contributed by atoms with Gasteiger partial charge in [-0.2, -0.15) is 13.2 Å². The Bertz CT molecular complexity index is 1580. The van der Waals surface area contributed by atoms with E-state index in [4.69, 9.17) is 4.74 Å². The van der Waals surface area contributed by atoms with Crippen LogP contribution in [0.2, 0.25) is 0 Å². The first kappa shape index (κ1) is 30.7. The standard InChI is InChI=1S/C31H35F3N6O3S2/c1-18-15-39(7-6-38(18)8-10-41)20-4-5-24(22(12-20)19-2-3-19)36-30-35-14-23(31(32,33)34)27(37-30)25-13-26-28(45-25)29(42)40(9-11-44-26)21-16-43-17-21/h4-5,12-14,18-19,21,41H,2-3,6-11,15-17H2,1H3,(H,35,36,37). The van der Waals surface area contributed by atoms with Crippen molar-refractivity contribution in [2.75, 3.05) is 68.5 Å². The Morgan fingerprint density at radius 3 is 2.67 bits per heavy atom. The molecule has 0 radical (unpaired) electrons. The Balaban J connectivity index is 1.18. The highest BCUT2D eigenvalue weighted by molar-refractivity contribution is 7.99. The largest absolute Gasteiger partial charge is 0.420 e. The number of thioether (sulfide) groups is 1. The van der Waals surface area contributed by atoms with E-state index in [1.54, 1.807) is 11.0 Å². The first-order valence-corrected chi connectivity index (χ1v) is 17.1. The molecule has 3 aliphatic heterocycles. The van der Waals surface area contributed by atoms with Crippen LogP contribution in [0.15, 0.2) is 35.4 Å². The molecule has 1 saturated carbocycles. The summed E-state index contributed by atoms with van der Waals surface area (Å²) in [6.45, 7) is 7.07. The van der Waals surface area contributed by atoms with E-state index in [2.05, 4.69) is 38.1 Å². The SMILES string of the molecule is CC1CN(c2ccc(Nc3ncc(C(F)(F)F)c(-c4cc5c(s4)C(=O)N(C4COC4)CCS5)n3)c(C3CC3)c2)CCN1CCO. The maximum atomic E-state index is 14.2. The van der Waals surface area contributed by atoms with Crippen molar-refractivity contribution in [1.29, 1.82) is 0 Å². The predicted octanol–water partition coefficient (Wildman–Crippen LogP) is 5.29. The lowest BCUT2D eigenvalue weighted by Gasteiger charge is -2.41. The lowest BCUT2D eigenvalue weighted by molar-refractivity contribution is -0.137. The van der Waals surface area contributed by atoms with E-state index >= 15 is 0 Å². The zero-order valence-electron chi connectivity index (χ0n) is 24.8. The van der Waals surface area contributed by atoms with Crippen LogP contribution in [0.3, 0.4) is 0 Å². The second kappa shape index (κ2) is 12.4. The van der Waals surface area contributed by atoms with Crippen LogP contribution < -0.4 is 10.2 Å². The summed E-state index contributed by atoms with van der Waals surface area (Å²) in [5.41, 5.74) is 1.83. The molecule has 3 aromatic rings. The van der Waals surface area contributed by atoms with Gasteiger partial charge in [-0.15, -0.1) is 23.1 Å². The summed E-state index contributed by atoms with van der Waals surface area (Å²) in [5, 5.41) is 12.6.